The lowest BCUT2D eigenvalue weighted by atomic mass is 9.97. The third-order valence-electron chi connectivity index (χ3n) is 2.72. The fourth-order valence-electron chi connectivity index (χ4n) is 1.81. The van der Waals surface area contributed by atoms with Gasteiger partial charge in [-0.2, -0.15) is 0 Å². The van der Waals surface area contributed by atoms with Crippen LogP contribution in [0.25, 0.3) is 11.1 Å². The summed E-state index contributed by atoms with van der Waals surface area (Å²) in [6.07, 6.45) is 4.51. The van der Waals surface area contributed by atoms with E-state index < -0.39 is 0 Å². The smallest absolute Gasteiger partial charge is 0.150 e. The molecule has 0 aliphatic rings. The lowest BCUT2D eigenvalue weighted by Gasteiger charge is -2.08. The summed E-state index contributed by atoms with van der Waals surface area (Å²) in [4.78, 5) is 14.8. The molecule has 0 fully saturated rings. The van der Waals surface area contributed by atoms with Gasteiger partial charge < -0.3 is 0 Å². The quantitative estimate of drug-likeness (QED) is 0.714. The van der Waals surface area contributed by atoms with Crippen molar-refractivity contribution in [3.63, 3.8) is 0 Å². The summed E-state index contributed by atoms with van der Waals surface area (Å²) in [5.41, 5.74) is 5.26. The number of pyridine rings is 1. The number of carbonyl (C=O) groups excluding carboxylic acids is 1. The second kappa shape index (κ2) is 4.27. The zero-order valence-corrected chi connectivity index (χ0v) is 9.40. The van der Waals surface area contributed by atoms with Crippen LogP contribution in [-0.2, 0) is 0 Å². The molecule has 2 heteroatoms. The Balaban J connectivity index is 2.57. The first kappa shape index (κ1) is 10.6. The first-order valence-corrected chi connectivity index (χ1v) is 5.19. The molecule has 0 saturated heterocycles. The topological polar surface area (TPSA) is 30.0 Å². The highest BCUT2D eigenvalue weighted by Crippen LogP contribution is 2.25. The van der Waals surface area contributed by atoms with E-state index in [1.165, 1.54) is 5.56 Å². The Morgan fingerprint density at radius 1 is 1.06 bits per heavy atom. The highest BCUT2D eigenvalue weighted by atomic mass is 16.1. The first-order valence-electron chi connectivity index (χ1n) is 5.19. The van der Waals surface area contributed by atoms with Crippen molar-refractivity contribution in [3.8, 4) is 11.1 Å². The van der Waals surface area contributed by atoms with Gasteiger partial charge in [0.15, 0.2) is 0 Å². The van der Waals surface area contributed by atoms with Crippen LogP contribution in [0.5, 0.6) is 0 Å². The predicted octanol–water partition coefficient (Wildman–Crippen LogP) is 3.18. The number of aryl methyl sites for hydroxylation is 2. The van der Waals surface area contributed by atoms with E-state index in [1.54, 1.807) is 6.20 Å². The molecule has 0 aliphatic carbocycles. The molecule has 16 heavy (non-hydrogen) atoms. The molecule has 0 amide bonds. The van der Waals surface area contributed by atoms with Gasteiger partial charge in [0.05, 0.1) is 0 Å². The molecule has 0 unspecified atom stereocenters. The van der Waals surface area contributed by atoms with E-state index in [0.29, 0.717) is 5.56 Å². The van der Waals surface area contributed by atoms with Crippen LogP contribution in [0.2, 0.25) is 0 Å². The molecule has 1 aromatic carbocycles. The fraction of sp³-hybridized carbons (Fsp3) is 0.143. The molecule has 0 N–H and O–H groups in total. The van der Waals surface area contributed by atoms with E-state index in [-0.39, 0.29) is 0 Å². The lowest BCUT2D eigenvalue weighted by Crippen LogP contribution is -1.90. The summed E-state index contributed by atoms with van der Waals surface area (Å²) in [6.45, 7) is 4.07. The fourth-order valence-corrected chi connectivity index (χ4v) is 1.81. The monoisotopic (exact) mass is 211 g/mol. The zero-order chi connectivity index (χ0) is 11.5. The molecule has 0 saturated carbocycles. The Kier molecular flexibility index (Phi) is 2.82. The summed E-state index contributed by atoms with van der Waals surface area (Å²) in [7, 11) is 0. The van der Waals surface area contributed by atoms with Crippen LogP contribution in [0.4, 0.5) is 0 Å². The molecule has 2 rings (SSSR count). The van der Waals surface area contributed by atoms with Crippen molar-refractivity contribution < 1.29 is 4.79 Å². The van der Waals surface area contributed by atoms with Gasteiger partial charge >= 0.3 is 0 Å². The summed E-state index contributed by atoms with van der Waals surface area (Å²) < 4.78 is 0. The Morgan fingerprint density at radius 3 is 2.50 bits per heavy atom. The number of hydrogen-bond acceptors (Lipinski definition) is 2. The van der Waals surface area contributed by atoms with Crippen LogP contribution in [0.1, 0.15) is 21.5 Å². The zero-order valence-electron chi connectivity index (χ0n) is 9.40. The number of benzene rings is 1. The predicted molar refractivity (Wildman–Crippen MR) is 64.5 cm³/mol. The van der Waals surface area contributed by atoms with E-state index in [9.17, 15) is 4.79 Å². The van der Waals surface area contributed by atoms with Gasteiger partial charge in [-0.15, -0.1) is 0 Å². The molecule has 1 heterocycles. The van der Waals surface area contributed by atoms with Crippen molar-refractivity contribution in [3.05, 3.63) is 53.3 Å². The SMILES string of the molecule is Cc1cc(C=O)ccc1-c1cnccc1C. The maximum atomic E-state index is 10.7. The third kappa shape index (κ3) is 1.87. The van der Waals surface area contributed by atoms with Gasteiger partial charge in [-0.25, -0.2) is 0 Å². The minimum atomic E-state index is 0.711. The van der Waals surface area contributed by atoms with Crippen LogP contribution in [0, 0.1) is 13.8 Å². The molecule has 80 valence electrons. The summed E-state index contributed by atoms with van der Waals surface area (Å²) in [5.74, 6) is 0. The van der Waals surface area contributed by atoms with Gasteiger partial charge in [0.1, 0.15) is 6.29 Å². The van der Waals surface area contributed by atoms with Crippen molar-refractivity contribution in [1.82, 2.24) is 4.98 Å². The van der Waals surface area contributed by atoms with Crippen LogP contribution < -0.4 is 0 Å². The van der Waals surface area contributed by atoms with Gasteiger partial charge in [0.25, 0.3) is 0 Å². The minimum Gasteiger partial charge on any atom is -0.298 e. The molecule has 0 bridgehead atoms. The number of rotatable bonds is 2. The van der Waals surface area contributed by atoms with Crippen LogP contribution in [0.3, 0.4) is 0 Å². The standard InChI is InChI=1S/C14H13NO/c1-10-5-6-15-8-14(10)13-4-3-12(9-16)7-11(13)2/h3-9H,1-2H3. The van der Waals surface area contributed by atoms with Gasteiger partial charge in [0, 0.05) is 23.5 Å². The third-order valence-corrected chi connectivity index (χ3v) is 2.72. The van der Waals surface area contributed by atoms with Crippen molar-refractivity contribution >= 4 is 6.29 Å². The highest BCUT2D eigenvalue weighted by Gasteiger charge is 2.05. The lowest BCUT2D eigenvalue weighted by molar-refractivity contribution is 0.112. The molecule has 0 atom stereocenters. The van der Waals surface area contributed by atoms with E-state index in [2.05, 4.69) is 11.9 Å². The molecule has 2 aromatic rings. The number of aldehydes is 1. The minimum absolute atomic E-state index is 0.711. The molecule has 0 spiro atoms. The second-order valence-electron chi connectivity index (χ2n) is 3.88. The summed E-state index contributed by atoms with van der Waals surface area (Å²) >= 11 is 0. The number of nitrogens with zero attached hydrogens (tertiary/aromatic N) is 1. The number of carbonyl (C=O) groups is 1. The summed E-state index contributed by atoms with van der Waals surface area (Å²) in [5, 5.41) is 0. The number of hydrogen-bond donors (Lipinski definition) is 0. The van der Waals surface area contributed by atoms with Crippen LogP contribution in [0.15, 0.2) is 36.7 Å². The maximum absolute atomic E-state index is 10.7. The molecular weight excluding hydrogens is 198 g/mol. The Bertz CT molecular complexity index is 532. The molecule has 0 aliphatic heterocycles. The molecule has 2 nitrogen and oxygen atoms in total. The average Bonchev–Trinajstić information content (AvgIpc) is 2.30. The van der Waals surface area contributed by atoms with Gasteiger partial charge in [-0.3, -0.25) is 9.78 Å². The Hall–Kier alpha value is -1.96. The van der Waals surface area contributed by atoms with Gasteiger partial charge in [0.2, 0.25) is 0 Å². The second-order valence-corrected chi connectivity index (χ2v) is 3.88. The van der Waals surface area contributed by atoms with Crippen LogP contribution in [-0.4, -0.2) is 11.3 Å². The van der Waals surface area contributed by atoms with Crippen molar-refractivity contribution in [2.24, 2.45) is 0 Å². The van der Waals surface area contributed by atoms with Crippen molar-refractivity contribution in [1.29, 1.82) is 0 Å². The maximum Gasteiger partial charge on any atom is 0.150 e. The Morgan fingerprint density at radius 2 is 1.88 bits per heavy atom. The van der Waals surface area contributed by atoms with Crippen LogP contribution >= 0.6 is 0 Å². The average molecular weight is 211 g/mol. The molecule has 0 radical (unpaired) electrons. The van der Waals surface area contributed by atoms with Crippen molar-refractivity contribution in [2.75, 3.05) is 0 Å². The highest BCUT2D eigenvalue weighted by molar-refractivity contribution is 5.79. The largest absolute Gasteiger partial charge is 0.298 e. The molecule has 1 aromatic heterocycles. The summed E-state index contributed by atoms with van der Waals surface area (Å²) in [6, 6.07) is 7.70. The first-order chi connectivity index (χ1) is 7.72. The molecular formula is C14H13NO. The van der Waals surface area contributed by atoms with E-state index in [1.807, 2.05) is 37.4 Å². The number of aromatic nitrogens is 1. The van der Waals surface area contributed by atoms with Gasteiger partial charge in [-0.05, 0) is 42.7 Å². The van der Waals surface area contributed by atoms with E-state index in [4.69, 9.17) is 0 Å². The Labute approximate surface area is 95.0 Å². The van der Waals surface area contributed by atoms with E-state index in [0.717, 1.165) is 23.0 Å². The normalized spacial score (nSPS) is 10.1. The van der Waals surface area contributed by atoms with Gasteiger partial charge in [-0.1, -0.05) is 12.1 Å². The van der Waals surface area contributed by atoms with Crippen molar-refractivity contribution in [2.45, 2.75) is 13.8 Å². The van der Waals surface area contributed by atoms with E-state index >= 15 is 0 Å².